The molecule has 0 bridgehead atoms. The normalized spacial score (nSPS) is 13.8. The van der Waals surface area contributed by atoms with Gasteiger partial charge in [0, 0.05) is 17.7 Å². The molecule has 2 N–H and O–H groups in total. The number of hydrogen-bond acceptors (Lipinski definition) is 2. The zero-order valence-corrected chi connectivity index (χ0v) is 9.06. The maximum Gasteiger partial charge on any atom is 0.326 e. The SMILES string of the molecule is COc1cc(F)c(C(N)C(F)(F)C(F)F)c(F)c1. The van der Waals surface area contributed by atoms with Crippen molar-refractivity contribution >= 4 is 0 Å². The van der Waals surface area contributed by atoms with Crippen molar-refractivity contribution in [2.24, 2.45) is 5.73 Å². The quantitative estimate of drug-likeness (QED) is 0.856. The van der Waals surface area contributed by atoms with Crippen molar-refractivity contribution in [2.45, 2.75) is 18.4 Å². The number of halogens is 6. The van der Waals surface area contributed by atoms with Crippen molar-refractivity contribution in [1.82, 2.24) is 0 Å². The highest BCUT2D eigenvalue weighted by molar-refractivity contribution is 5.33. The van der Waals surface area contributed by atoms with E-state index in [1.54, 1.807) is 0 Å². The average molecular weight is 273 g/mol. The van der Waals surface area contributed by atoms with Crippen molar-refractivity contribution in [3.05, 3.63) is 29.3 Å². The van der Waals surface area contributed by atoms with E-state index in [9.17, 15) is 26.3 Å². The smallest absolute Gasteiger partial charge is 0.326 e. The molecule has 1 atom stereocenters. The molecule has 0 aliphatic rings. The Labute approximate surface area is 98.3 Å². The molecule has 0 saturated carbocycles. The van der Waals surface area contributed by atoms with E-state index in [1.165, 1.54) is 0 Å². The lowest BCUT2D eigenvalue weighted by atomic mass is 10.00. The molecular formula is C10H9F6NO. The van der Waals surface area contributed by atoms with Gasteiger partial charge < -0.3 is 10.5 Å². The van der Waals surface area contributed by atoms with Gasteiger partial charge in [-0.25, -0.2) is 17.6 Å². The Hall–Kier alpha value is -1.44. The van der Waals surface area contributed by atoms with E-state index in [2.05, 4.69) is 4.74 Å². The first kappa shape index (κ1) is 14.6. The van der Waals surface area contributed by atoms with Crippen molar-refractivity contribution in [1.29, 1.82) is 0 Å². The molecule has 0 heterocycles. The van der Waals surface area contributed by atoms with Crippen LogP contribution in [-0.4, -0.2) is 19.5 Å². The van der Waals surface area contributed by atoms with Crippen molar-refractivity contribution < 1.29 is 31.1 Å². The molecular weight excluding hydrogens is 264 g/mol. The summed E-state index contributed by atoms with van der Waals surface area (Å²) in [5, 5.41) is 0. The lowest BCUT2D eigenvalue weighted by Crippen LogP contribution is -2.40. The van der Waals surface area contributed by atoms with Gasteiger partial charge in [0.1, 0.15) is 23.4 Å². The Morgan fingerprint density at radius 2 is 1.61 bits per heavy atom. The minimum Gasteiger partial charge on any atom is -0.497 e. The maximum absolute atomic E-state index is 13.4. The van der Waals surface area contributed by atoms with Gasteiger partial charge in [-0.2, -0.15) is 8.78 Å². The number of methoxy groups -OCH3 is 1. The summed E-state index contributed by atoms with van der Waals surface area (Å²) in [6.45, 7) is 0. The molecule has 1 rings (SSSR count). The lowest BCUT2D eigenvalue weighted by molar-refractivity contribution is -0.145. The Balaban J connectivity index is 3.26. The molecule has 102 valence electrons. The lowest BCUT2D eigenvalue weighted by Gasteiger charge is -2.23. The second kappa shape index (κ2) is 5.05. The van der Waals surface area contributed by atoms with Crippen LogP contribution in [0.1, 0.15) is 11.6 Å². The Kier molecular flexibility index (Phi) is 4.10. The highest BCUT2D eigenvalue weighted by Gasteiger charge is 2.49. The van der Waals surface area contributed by atoms with Gasteiger partial charge in [-0.1, -0.05) is 0 Å². The second-order valence-electron chi connectivity index (χ2n) is 3.46. The molecule has 0 fully saturated rings. The van der Waals surface area contributed by atoms with Gasteiger partial charge in [0.2, 0.25) is 0 Å². The van der Waals surface area contributed by atoms with Crippen LogP contribution in [0.2, 0.25) is 0 Å². The molecule has 0 aliphatic carbocycles. The van der Waals surface area contributed by atoms with Gasteiger partial charge in [0.15, 0.2) is 0 Å². The molecule has 1 unspecified atom stereocenters. The zero-order chi connectivity index (χ0) is 14.1. The molecule has 0 radical (unpaired) electrons. The van der Waals surface area contributed by atoms with Gasteiger partial charge in [0.25, 0.3) is 0 Å². The fourth-order valence-corrected chi connectivity index (χ4v) is 1.30. The molecule has 0 saturated heterocycles. The summed E-state index contributed by atoms with van der Waals surface area (Å²) < 4.78 is 81.2. The molecule has 18 heavy (non-hydrogen) atoms. The minimum absolute atomic E-state index is 0.277. The molecule has 0 aliphatic heterocycles. The van der Waals surface area contributed by atoms with Crippen LogP contribution in [-0.2, 0) is 0 Å². The largest absolute Gasteiger partial charge is 0.497 e. The zero-order valence-electron chi connectivity index (χ0n) is 9.06. The van der Waals surface area contributed by atoms with Gasteiger partial charge in [-0.3, -0.25) is 0 Å². The van der Waals surface area contributed by atoms with Crippen LogP contribution < -0.4 is 10.5 Å². The fourth-order valence-electron chi connectivity index (χ4n) is 1.30. The van der Waals surface area contributed by atoms with Gasteiger partial charge in [0.05, 0.1) is 7.11 Å². The summed E-state index contributed by atoms with van der Waals surface area (Å²) in [5.74, 6) is -7.96. The van der Waals surface area contributed by atoms with Crippen molar-refractivity contribution in [2.75, 3.05) is 7.11 Å². The summed E-state index contributed by atoms with van der Waals surface area (Å²) in [5.41, 5.74) is 3.51. The molecule has 1 aromatic carbocycles. The second-order valence-corrected chi connectivity index (χ2v) is 3.46. The van der Waals surface area contributed by atoms with Crippen LogP contribution in [0.4, 0.5) is 26.3 Å². The summed E-state index contributed by atoms with van der Waals surface area (Å²) >= 11 is 0. The van der Waals surface area contributed by atoms with E-state index >= 15 is 0 Å². The third-order valence-corrected chi connectivity index (χ3v) is 2.30. The minimum atomic E-state index is -4.74. The highest BCUT2D eigenvalue weighted by Crippen LogP contribution is 2.37. The van der Waals surface area contributed by atoms with Gasteiger partial charge in [-0.15, -0.1) is 0 Å². The van der Waals surface area contributed by atoms with E-state index in [0.29, 0.717) is 12.1 Å². The Bertz CT molecular complexity index is 413. The van der Waals surface area contributed by atoms with E-state index in [-0.39, 0.29) is 5.75 Å². The number of rotatable bonds is 4. The van der Waals surface area contributed by atoms with Crippen LogP contribution in [0.3, 0.4) is 0 Å². The first-order chi connectivity index (χ1) is 8.21. The predicted molar refractivity (Wildman–Crippen MR) is 50.8 cm³/mol. The van der Waals surface area contributed by atoms with Crippen LogP contribution >= 0.6 is 0 Å². The number of benzene rings is 1. The van der Waals surface area contributed by atoms with Crippen molar-refractivity contribution in [3.63, 3.8) is 0 Å². The first-order valence-corrected chi connectivity index (χ1v) is 4.66. The molecule has 0 amide bonds. The predicted octanol–water partition coefficient (Wildman–Crippen LogP) is 2.87. The third kappa shape index (κ3) is 2.53. The molecule has 8 heteroatoms. The third-order valence-electron chi connectivity index (χ3n) is 2.30. The monoisotopic (exact) mass is 273 g/mol. The first-order valence-electron chi connectivity index (χ1n) is 4.66. The van der Waals surface area contributed by atoms with Gasteiger partial charge >= 0.3 is 12.3 Å². The molecule has 2 nitrogen and oxygen atoms in total. The van der Waals surface area contributed by atoms with Crippen LogP contribution in [0.15, 0.2) is 12.1 Å². The molecule has 1 aromatic rings. The Morgan fingerprint density at radius 3 is 1.94 bits per heavy atom. The van der Waals surface area contributed by atoms with Gasteiger partial charge in [-0.05, 0) is 0 Å². The fraction of sp³-hybridized carbons (Fsp3) is 0.400. The van der Waals surface area contributed by atoms with E-state index in [0.717, 1.165) is 7.11 Å². The number of hydrogen-bond donors (Lipinski definition) is 1. The molecule has 0 spiro atoms. The number of ether oxygens (including phenoxy) is 1. The summed E-state index contributed by atoms with van der Waals surface area (Å²) in [6.07, 6.45) is -4.13. The van der Waals surface area contributed by atoms with Crippen LogP contribution in [0.5, 0.6) is 5.75 Å². The van der Waals surface area contributed by atoms with Crippen molar-refractivity contribution in [3.8, 4) is 5.75 Å². The topological polar surface area (TPSA) is 35.2 Å². The van der Waals surface area contributed by atoms with Crippen LogP contribution in [0.25, 0.3) is 0 Å². The number of nitrogens with two attached hydrogens (primary N) is 1. The molecule has 0 aromatic heterocycles. The summed E-state index contributed by atoms with van der Waals surface area (Å²) in [4.78, 5) is 0. The summed E-state index contributed by atoms with van der Waals surface area (Å²) in [7, 11) is 1.10. The van der Waals surface area contributed by atoms with Crippen LogP contribution in [0, 0.1) is 11.6 Å². The van der Waals surface area contributed by atoms with E-state index in [1.807, 2.05) is 0 Å². The van der Waals surface area contributed by atoms with E-state index < -0.39 is 35.6 Å². The Morgan fingerprint density at radius 1 is 1.17 bits per heavy atom. The van der Waals surface area contributed by atoms with E-state index in [4.69, 9.17) is 5.73 Å². The highest BCUT2D eigenvalue weighted by atomic mass is 19.3. The number of alkyl halides is 4. The maximum atomic E-state index is 13.4. The average Bonchev–Trinajstić information content (AvgIpc) is 2.27. The standard InChI is InChI=1S/C10H9F6NO/c1-18-4-2-5(11)7(6(12)3-4)8(17)10(15,16)9(13)14/h2-3,8-9H,17H2,1H3. The summed E-state index contributed by atoms with van der Waals surface area (Å²) in [6, 6.07) is -1.62.